The molecule has 0 fully saturated rings. The first kappa shape index (κ1) is 19.3. The highest BCUT2D eigenvalue weighted by atomic mass is 19.4. The molecule has 0 aliphatic carbocycles. The molecule has 0 bridgehead atoms. The van der Waals surface area contributed by atoms with Gasteiger partial charge in [0.2, 0.25) is 11.3 Å². The van der Waals surface area contributed by atoms with E-state index in [0.29, 0.717) is 5.82 Å². The van der Waals surface area contributed by atoms with E-state index in [4.69, 9.17) is 0 Å². The van der Waals surface area contributed by atoms with Gasteiger partial charge in [-0.05, 0) is 52.6 Å². The van der Waals surface area contributed by atoms with E-state index in [0.717, 1.165) is 23.4 Å². The van der Waals surface area contributed by atoms with Crippen molar-refractivity contribution in [2.24, 2.45) is 5.10 Å². The van der Waals surface area contributed by atoms with Crippen LogP contribution >= 0.6 is 0 Å². The van der Waals surface area contributed by atoms with Crippen LogP contribution in [0, 0.1) is 6.92 Å². The molecular formula is C19H14F3N7O. The lowest BCUT2D eigenvalue weighted by molar-refractivity contribution is -0.137. The van der Waals surface area contributed by atoms with Crippen molar-refractivity contribution in [3.8, 4) is 0 Å². The number of nitrogens with one attached hydrogen (secondary N) is 2. The minimum absolute atomic E-state index is 0.154. The van der Waals surface area contributed by atoms with Gasteiger partial charge in [0.15, 0.2) is 11.6 Å². The fraction of sp³-hybridized carbons (Fsp3) is 0.105. The lowest BCUT2D eigenvalue weighted by Crippen LogP contribution is -2.05. The number of hydrogen-bond acceptors (Lipinski definition) is 8. The van der Waals surface area contributed by atoms with Gasteiger partial charge in [-0.2, -0.15) is 23.3 Å². The summed E-state index contributed by atoms with van der Waals surface area (Å²) in [5.41, 5.74) is 4.32. The maximum absolute atomic E-state index is 12.9. The Labute approximate surface area is 167 Å². The van der Waals surface area contributed by atoms with Crippen molar-refractivity contribution in [1.29, 1.82) is 0 Å². The predicted molar refractivity (Wildman–Crippen MR) is 105 cm³/mol. The summed E-state index contributed by atoms with van der Waals surface area (Å²) >= 11 is 0. The summed E-state index contributed by atoms with van der Waals surface area (Å²) in [5, 5.41) is 14.4. The molecule has 0 saturated carbocycles. The molecule has 8 nitrogen and oxygen atoms in total. The highest BCUT2D eigenvalue weighted by molar-refractivity contribution is 5.82. The first-order chi connectivity index (χ1) is 14.4. The van der Waals surface area contributed by atoms with Gasteiger partial charge < -0.3 is 5.32 Å². The molecule has 152 valence electrons. The molecule has 0 amide bonds. The van der Waals surface area contributed by atoms with E-state index in [1.54, 1.807) is 0 Å². The Morgan fingerprint density at radius 1 is 0.967 bits per heavy atom. The molecule has 0 aliphatic heterocycles. The van der Waals surface area contributed by atoms with Crippen LogP contribution in [0.1, 0.15) is 16.7 Å². The highest BCUT2D eigenvalue weighted by Gasteiger charge is 2.30. The molecule has 0 spiro atoms. The zero-order valence-electron chi connectivity index (χ0n) is 15.5. The molecular weight excluding hydrogens is 399 g/mol. The van der Waals surface area contributed by atoms with Gasteiger partial charge in [-0.25, -0.2) is 9.61 Å². The number of fused-ring (bicyclic) bond motifs is 1. The van der Waals surface area contributed by atoms with E-state index in [2.05, 4.69) is 40.8 Å². The number of anilines is 3. The van der Waals surface area contributed by atoms with Crippen molar-refractivity contribution in [2.75, 3.05) is 10.7 Å². The van der Waals surface area contributed by atoms with E-state index >= 15 is 0 Å². The largest absolute Gasteiger partial charge is 0.416 e. The van der Waals surface area contributed by atoms with Crippen molar-refractivity contribution in [3.63, 3.8) is 0 Å². The van der Waals surface area contributed by atoms with Crippen LogP contribution in [0.4, 0.5) is 30.5 Å². The summed E-state index contributed by atoms with van der Waals surface area (Å²) in [6.07, 6.45) is -3.18. The van der Waals surface area contributed by atoms with Gasteiger partial charge in [-0.3, -0.25) is 5.43 Å². The molecule has 4 aromatic rings. The number of halogens is 3. The number of alkyl halides is 3. The molecule has 2 N–H and O–H groups in total. The van der Waals surface area contributed by atoms with E-state index in [1.807, 2.05) is 31.2 Å². The van der Waals surface area contributed by atoms with Crippen LogP contribution in [-0.2, 0) is 6.18 Å². The second-order valence-electron chi connectivity index (χ2n) is 6.32. The fourth-order valence-electron chi connectivity index (χ4n) is 2.63. The van der Waals surface area contributed by atoms with Crippen LogP contribution in [0.5, 0.6) is 0 Å². The van der Waals surface area contributed by atoms with Gasteiger partial charge in [0.05, 0.1) is 11.8 Å². The number of benzene rings is 2. The summed E-state index contributed by atoms with van der Waals surface area (Å²) in [6.45, 7) is 1.94. The minimum Gasteiger partial charge on any atom is -0.337 e. The standard InChI is InChI=1S/C19H14F3N7O/c1-11-4-2-7-14(8-11)24-15-16(26-18-17(25-15)28-30-29-18)27-23-10-12-5-3-6-13(9-12)19(20,21)22/h2-10H,1H3,(H,24,25,28)(H,26,27,29)/b23-10-. The average molecular weight is 413 g/mol. The van der Waals surface area contributed by atoms with Crippen LogP contribution in [0.15, 0.2) is 58.3 Å². The third-order valence-corrected chi connectivity index (χ3v) is 3.99. The van der Waals surface area contributed by atoms with Crippen LogP contribution in [0.3, 0.4) is 0 Å². The number of aryl methyl sites for hydroxylation is 1. The maximum Gasteiger partial charge on any atom is 0.416 e. The smallest absolute Gasteiger partial charge is 0.337 e. The molecule has 11 heteroatoms. The number of hydrogen-bond donors (Lipinski definition) is 2. The van der Waals surface area contributed by atoms with Crippen LogP contribution < -0.4 is 10.7 Å². The molecule has 2 heterocycles. The Kier molecular flexibility index (Phi) is 5.00. The lowest BCUT2D eigenvalue weighted by atomic mass is 10.1. The fourth-order valence-corrected chi connectivity index (χ4v) is 2.63. The molecule has 2 aromatic carbocycles. The molecule has 30 heavy (non-hydrogen) atoms. The zero-order valence-corrected chi connectivity index (χ0v) is 15.5. The normalized spacial score (nSPS) is 11.9. The topological polar surface area (TPSA) is 101 Å². The first-order valence-electron chi connectivity index (χ1n) is 8.69. The van der Waals surface area contributed by atoms with E-state index < -0.39 is 11.7 Å². The molecule has 2 aromatic heterocycles. The second kappa shape index (κ2) is 7.78. The third kappa shape index (κ3) is 4.35. The van der Waals surface area contributed by atoms with Gasteiger partial charge in [0, 0.05) is 5.69 Å². The lowest BCUT2D eigenvalue weighted by Gasteiger charge is -2.10. The zero-order chi connectivity index (χ0) is 21.1. The monoisotopic (exact) mass is 413 g/mol. The van der Waals surface area contributed by atoms with Crippen LogP contribution in [0.2, 0.25) is 0 Å². The van der Waals surface area contributed by atoms with Crippen molar-refractivity contribution in [1.82, 2.24) is 20.3 Å². The van der Waals surface area contributed by atoms with Gasteiger partial charge in [0.25, 0.3) is 0 Å². The third-order valence-electron chi connectivity index (χ3n) is 3.99. The molecule has 0 radical (unpaired) electrons. The van der Waals surface area contributed by atoms with Gasteiger partial charge in [-0.15, -0.1) is 0 Å². The minimum atomic E-state index is -4.43. The van der Waals surface area contributed by atoms with Crippen molar-refractivity contribution >= 4 is 34.8 Å². The van der Waals surface area contributed by atoms with Crippen molar-refractivity contribution < 1.29 is 17.8 Å². The Morgan fingerprint density at radius 2 is 1.70 bits per heavy atom. The summed E-state index contributed by atoms with van der Waals surface area (Å²) in [4.78, 5) is 8.55. The summed E-state index contributed by atoms with van der Waals surface area (Å²) < 4.78 is 43.2. The van der Waals surface area contributed by atoms with Crippen LogP contribution in [-0.4, -0.2) is 26.5 Å². The first-order valence-corrected chi connectivity index (χ1v) is 8.69. The molecule has 0 aliphatic rings. The summed E-state index contributed by atoms with van der Waals surface area (Å²) in [5.74, 6) is 0.493. The summed E-state index contributed by atoms with van der Waals surface area (Å²) in [7, 11) is 0. The Balaban J connectivity index is 1.61. The Hall–Kier alpha value is -4.02. The molecule has 0 atom stereocenters. The van der Waals surface area contributed by atoms with Crippen LogP contribution in [0.25, 0.3) is 11.3 Å². The van der Waals surface area contributed by atoms with Gasteiger partial charge >= 0.3 is 6.18 Å². The Morgan fingerprint density at radius 3 is 2.43 bits per heavy atom. The van der Waals surface area contributed by atoms with Crippen molar-refractivity contribution in [2.45, 2.75) is 13.1 Å². The molecule has 4 rings (SSSR count). The number of nitrogens with zero attached hydrogens (tertiary/aromatic N) is 5. The molecule has 0 unspecified atom stereocenters. The van der Waals surface area contributed by atoms with E-state index in [9.17, 15) is 13.2 Å². The van der Waals surface area contributed by atoms with E-state index in [1.165, 1.54) is 18.3 Å². The van der Waals surface area contributed by atoms with Crippen molar-refractivity contribution in [3.05, 3.63) is 65.2 Å². The summed E-state index contributed by atoms with van der Waals surface area (Å²) in [6, 6.07) is 12.4. The Bertz CT molecular complexity index is 1220. The van der Waals surface area contributed by atoms with E-state index in [-0.39, 0.29) is 22.7 Å². The SMILES string of the molecule is Cc1cccc(Nc2nc3nonc3nc2N/N=C\c2cccc(C(F)(F)F)c2)c1. The maximum atomic E-state index is 12.9. The quantitative estimate of drug-likeness (QED) is 0.366. The highest BCUT2D eigenvalue weighted by Crippen LogP contribution is 2.29. The molecule has 0 saturated heterocycles. The number of hydrazone groups is 1. The average Bonchev–Trinajstić information content (AvgIpc) is 3.15. The number of rotatable bonds is 5. The number of aromatic nitrogens is 4. The van der Waals surface area contributed by atoms with Gasteiger partial charge in [-0.1, -0.05) is 24.3 Å². The van der Waals surface area contributed by atoms with Gasteiger partial charge in [0.1, 0.15) is 0 Å². The second-order valence-corrected chi connectivity index (χ2v) is 6.32. The predicted octanol–water partition coefficient (Wildman–Crippen LogP) is 4.53.